The Kier molecular flexibility index (Phi) is 3.90. The molecular weight excluding hydrogens is 264 g/mol. The number of nitrogens with zero attached hydrogens (tertiary/aromatic N) is 1. The summed E-state index contributed by atoms with van der Waals surface area (Å²) in [5.41, 5.74) is 2.34. The number of para-hydroxylation sites is 1. The topological polar surface area (TPSA) is 69.8 Å². The lowest BCUT2D eigenvalue weighted by atomic mass is 9.93. The van der Waals surface area contributed by atoms with E-state index in [4.69, 9.17) is 0 Å². The van der Waals surface area contributed by atoms with Gasteiger partial charge in [-0.3, -0.25) is 4.79 Å². The summed E-state index contributed by atoms with van der Waals surface area (Å²) in [5, 5.41) is 6.43. The number of hydrogen-bond acceptors (Lipinski definition) is 3. The number of fused-ring (bicyclic) bond motifs is 1. The Hall–Kier alpha value is -2.30. The lowest BCUT2D eigenvalue weighted by molar-refractivity contribution is -0.125. The Labute approximate surface area is 124 Å². The van der Waals surface area contributed by atoms with E-state index in [0.717, 1.165) is 24.4 Å². The number of carbonyl (C=O) groups is 1. The number of rotatable bonds is 4. The summed E-state index contributed by atoms with van der Waals surface area (Å²) in [5.74, 6) is 0.860. The van der Waals surface area contributed by atoms with Gasteiger partial charge < -0.3 is 15.6 Å². The highest BCUT2D eigenvalue weighted by atomic mass is 16.2. The molecule has 0 bridgehead atoms. The molecule has 0 aliphatic carbocycles. The first kappa shape index (κ1) is 13.7. The van der Waals surface area contributed by atoms with Gasteiger partial charge in [-0.15, -0.1) is 0 Å². The highest BCUT2D eigenvalue weighted by Crippen LogP contribution is 2.25. The zero-order chi connectivity index (χ0) is 14.7. The maximum Gasteiger partial charge on any atom is 0.225 e. The predicted molar refractivity (Wildman–Crippen MR) is 81.9 cm³/mol. The van der Waals surface area contributed by atoms with E-state index >= 15 is 0 Å². The van der Waals surface area contributed by atoms with Crippen LogP contribution in [0, 0.1) is 5.92 Å². The smallest absolute Gasteiger partial charge is 0.225 e. The van der Waals surface area contributed by atoms with Crippen LogP contribution in [-0.4, -0.2) is 22.4 Å². The first-order valence-electron chi connectivity index (χ1n) is 7.39. The van der Waals surface area contributed by atoms with Crippen molar-refractivity contribution in [3.63, 3.8) is 0 Å². The first-order chi connectivity index (χ1) is 10.3. The summed E-state index contributed by atoms with van der Waals surface area (Å²) < 4.78 is 0. The zero-order valence-corrected chi connectivity index (χ0v) is 12.1. The molecule has 2 unspecified atom stereocenters. The largest absolute Gasteiger partial charge is 0.384 e. The molecule has 1 aliphatic heterocycles. The van der Waals surface area contributed by atoms with Crippen molar-refractivity contribution in [3.05, 3.63) is 48.0 Å². The number of carbonyl (C=O) groups excluding carboxylic acids is 1. The summed E-state index contributed by atoms with van der Waals surface area (Å²) in [6.45, 7) is 2.72. The van der Waals surface area contributed by atoms with Crippen molar-refractivity contribution in [3.8, 4) is 0 Å². The number of aromatic nitrogens is 2. The molecule has 1 amide bonds. The lowest BCUT2D eigenvalue weighted by Crippen LogP contribution is -2.40. The average molecular weight is 284 g/mol. The number of imidazole rings is 1. The van der Waals surface area contributed by atoms with Gasteiger partial charge in [-0.1, -0.05) is 25.1 Å². The van der Waals surface area contributed by atoms with Crippen LogP contribution in [0.25, 0.3) is 0 Å². The SMILES string of the molecule is CCC(NC(=O)C1CNc2ccccc2C1)c1ncc[nH]1. The highest BCUT2D eigenvalue weighted by Gasteiger charge is 2.26. The minimum absolute atomic E-state index is 0.0380. The number of nitrogens with one attached hydrogen (secondary N) is 3. The second-order valence-corrected chi connectivity index (χ2v) is 5.38. The Balaban J connectivity index is 1.66. The van der Waals surface area contributed by atoms with Crippen LogP contribution in [0.3, 0.4) is 0 Å². The highest BCUT2D eigenvalue weighted by molar-refractivity contribution is 5.81. The Morgan fingerprint density at radius 3 is 3.10 bits per heavy atom. The maximum absolute atomic E-state index is 12.5. The molecule has 1 aromatic carbocycles. The fourth-order valence-corrected chi connectivity index (χ4v) is 2.75. The molecule has 110 valence electrons. The second-order valence-electron chi connectivity index (χ2n) is 5.38. The van der Waals surface area contributed by atoms with E-state index in [9.17, 15) is 4.79 Å². The lowest BCUT2D eigenvalue weighted by Gasteiger charge is -2.26. The number of hydrogen-bond donors (Lipinski definition) is 3. The van der Waals surface area contributed by atoms with Crippen LogP contribution in [0.1, 0.15) is 30.8 Å². The van der Waals surface area contributed by atoms with Gasteiger partial charge in [0.15, 0.2) is 0 Å². The van der Waals surface area contributed by atoms with Crippen molar-refractivity contribution in [2.24, 2.45) is 5.92 Å². The number of anilines is 1. The molecule has 0 saturated heterocycles. The molecule has 21 heavy (non-hydrogen) atoms. The maximum atomic E-state index is 12.5. The van der Waals surface area contributed by atoms with Gasteiger partial charge in [-0.25, -0.2) is 4.98 Å². The predicted octanol–water partition coefficient (Wildman–Crippen LogP) is 2.26. The quantitative estimate of drug-likeness (QED) is 0.806. The van der Waals surface area contributed by atoms with Crippen LogP contribution in [0.5, 0.6) is 0 Å². The van der Waals surface area contributed by atoms with Crippen LogP contribution in [0.15, 0.2) is 36.7 Å². The Morgan fingerprint density at radius 1 is 1.48 bits per heavy atom. The summed E-state index contributed by atoms with van der Waals surface area (Å²) in [6.07, 6.45) is 5.09. The van der Waals surface area contributed by atoms with Crippen molar-refractivity contribution in [2.45, 2.75) is 25.8 Å². The summed E-state index contributed by atoms with van der Waals surface area (Å²) in [4.78, 5) is 19.8. The molecule has 3 rings (SSSR count). The Bertz CT molecular complexity index is 608. The van der Waals surface area contributed by atoms with E-state index < -0.39 is 0 Å². The molecule has 5 nitrogen and oxygen atoms in total. The normalized spacial score (nSPS) is 18.4. The number of aromatic amines is 1. The van der Waals surface area contributed by atoms with E-state index in [1.807, 2.05) is 19.1 Å². The van der Waals surface area contributed by atoms with Crippen LogP contribution < -0.4 is 10.6 Å². The standard InChI is InChI=1S/C16H20N4O/c1-2-13(15-17-7-8-18-15)20-16(21)12-9-11-5-3-4-6-14(11)19-10-12/h3-8,12-13,19H,2,9-10H2,1H3,(H,17,18)(H,20,21). The van der Waals surface area contributed by atoms with Gasteiger partial charge in [-0.2, -0.15) is 0 Å². The van der Waals surface area contributed by atoms with Crippen molar-refractivity contribution < 1.29 is 4.79 Å². The monoisotopic (exact) mass is 284 g/mol. The van der Waals surface area contributed by atoms with Crippen LogP contribution in [0.4, 0.5) is 5.69 Å². The van der Waals surface area contributed by atoms with Gasteiger partial charge in [0.05, 0.1) is 12.0 Å². The van der Waals surface area contributed by atoms with Gasteiger partial charge in [0.1, 0.15) is 5.82 Å². The molecule has 2 atom stereocenters. The van der Waals surface area contributed by atoms with Crippen molar-refractivity contribution in [1.29, 1.82) is 0 Å². The summed E-state index contributed by atoms with van der Waals surface area (Å²) in [6, 6.07) is 8.10. The molecule has 0 saturated carbocycles. The van der Waals surface area contributed by atoms with Crippen LogP contribution >= 0.6 is 0 Å². The van der Waals surface area contributed by atoms with Crippen molar-refractivity contribution >= 4 is 11.6 Å². The van der Waals surface area contributed by atoms with E-state index in [1.165, 1.54) is 5.56 Å². The van der Waals surface area contributed by atoms with E-state index in [2.05, 4.69) is 32.7 Å². The average Bonchev–Trinajstić information content (AvgIpc) is 3.06. The third kappa shape index (κ3) is 2.91. The van der Waals surface area contributed by atoms with Crippen molar-refractivity contribution in [2.75, 3.05) is 11.9 Å². The first-order valence-corrected chi connectivity index (χ1v) is 7.39. The molecular formula is C16H20N4O. The zero-order valence-electron chi connectivity index (χ0n) is 12.1. The molecule has 0 radical (unpaired) electrons. The fourth-order valence-electron chi connectivity index (χ4n) is 2.75. The van der Waals surface area contributed by atoms with Gasteiger partial charge in [0.2, 0.25) is 5.91 Å². The minimum atomic E-state index is -0.0512. The number of amides is 1. The molecule has 2 aromatic rings. The molecule has 1 aliphatic rings. The molecule has 1 aromatic heterocycles. The second kappa shape index (κ2) is 5.99. The third-order valence-corrected chi connectivity index (χ3v) is 3.97. The van der Waals surface area contributed by atoms with Gasteiger partial charge in [-0.05, 0) is 24.5 Å². The summed E-state index contributed by atoms with van der Waals surface area (Å²) in [7, 11) is 0. The summed E-state index contributed by atoms with van der Waals surface area (Å²) >= 11 is 0. The molecule has 0 fully saturated rings. The van der Waals surface area contributed by atoms with E-state index in [-0.39, 0.29) is 17.9 Å². The van der Waals surface area contributed by atoms with Crippen LogP contribution in [-0.2, 0) is 11.2 Å². The van der Waals surface area contributed by atoms with Crippen molar-refractivity contribution in [1.82, 2.24) is 15.3 Å². The van der Waals surface area contributed by atoms with Gasteiger partial charge in [0, 0.05) is 24.6 Å². The van der Waals surface area contributed by atoms with E-state index in [1.54, 1.807) is 12.4 Å². The van der Waals surface area contributed by atoms with Crippen LogP contribution in [0.2, 0.25) is 0 Å². The minimum Gasteiger partial charge on any atom is -0.384 e. The van der Waals surface area contributed by atoms with E-state index in [0.29, 0.717) is 6.54 Å². The Morgan fingerprint density at radius 2 is 2.33 bits per heavy atom. The van der Waals surface area contributed by atoms with Gasteiger partial charge >= 0.3 is 0 Å². The number of H-pyrrole nitrogens is 1. The molecule has 0 spiro atoms. The van der Waals surface area contributed by atoms with Gasteiger partial charge in [0.25, 0.3) is 0 Å². The fraction of sp³-hybridized carbons (Fsp3) is 0.375. The molecule has 3 N–H and O–H groups in total. The molecule has 5 heteroatoms. The molecule has 2 heterocycles. The third-order valence-electron chi connectivity index (χ3n) is 3.97. The number of benzene rings is 1.